The number of carbonyl (C=O) groups excluding carboxylic acids is 3. The largest absolute Gasteiger partial charge is 0.452 e. The van der Waals surface area contributed by atoms with Gasteiger partial charge in [-0.15, -0.1) is 11.3 Å². The Hall–Kier alpha value is -2.67. The SMILES string of the molecule is C[C@@H]1CCCC[C@H]1NC(=O)COC(=O)c1cccc(NC(=O)c2cccs2)c1. The van der Waals surface area contributed by atoms with Crippen molar-refractivity contribution in [3.05, 3.63) is 52.2 Å². The fraction of sp³-hybridized carbons (Fsp3) is 0.381. The molecule has 1 aliphatic carbocycles. The maximum absolute atomic E-state index is 12.3. The number of carbonyl (C=O) groups is 3. The number of thiophene rings is 1. The molecule has 2 atom stereocenters. The zero-order valence-electron chi connectivity index (χ0n) is 15.8. The summed E-state index contributed by atoms with van der Waals surface area (Å²) in [5.74, 6) is -0.674. The van der Waals surface area contributed by atoms with E-state index in [-0.39, 0.29) is 30.0 Å². The Balaban J connectivity index is 1.51. The van der Waals surface area contributed by atoms with E-state index in [9.17, 15) is 14.4 Å². The first kappa shape index (κ1) is 20.1. The summed E-state index contributed by atoms with van der Waals surface area (Å²) in [6.45, 7) is 1.82. The van der Waals surface area contributed by atoms with Gasteiger partial charge in [0.05, 0.1) is 10.4 Å². The minimum absolute atomic E-state index is 0.149. The molecule has 0 saturated heterocycles. The highest BCUT2D eigenvalue weighted by Crippen LogP contribution is 2.23. The number of rotatable bonds is 6. The van der Waals surface area contributed by atoms with Crippen molar-refractivity contribution < 1.29 is 19.1 Å². The van der Waals surface area contributed by atoms with E-state index in [0.29, 0.717) is 16.5 Å². The highest BCUT2D eigenvalue weighted by atomic mass is 32.1. The molecule has 0 spiro atoms. The molecule has 148 valence electrons. The van der Waals surface area contributed by atoms with Crippen LogP contribution in [-0.4, -0.2) is 30.4 Å². The molecule has 7 heteroatoms. The number of hydrogen-bond acceptors (Lipinski definition) is 5. The Morgan fingerprint density at radius 3 is 2.71 bits per heavy atom. The van der Waals surface area contributed by atoms with Gasteiger partial charge >= 0.3 is 5.97 Å². The molecule has 1 aromatic carbocycles. The number of hydrogen-bond donors (Lipinski definition) is 2. The average molecular weight is 401 g/mol. The molecule has 2 N–H and O–H groups in total. The Labute approximate surface area is 168 Å². The summed E-state index contributed by atoms with van der Waals surface area (Å²) in [5, 5.41) is 7.53. The standard InChI is InChI=1S/C21H24N2O4S/c1-14-6-2-3-9-17(14)23-19(24)13-27-21(26)15-7-4-8-16(12-15)22-20(25)18-10-5-11-28-18/h4-5,7-8,10-12,14,17H,2-3,6,9,13H2,1H3,(H,22,25)(H,23,24)/t14-,17-/m1/s1. The first-order chi connectivity index (χ1) is 13.5. The Morgan fingerprint density at radius 1 is 1.14 bits per heavy atom. The lowest BCUT2D eigenvalue weighted by Crippen LogP contribution is -2.42. The molecule has 2 aromatic rings. The van der Waals surface area contributed by atoms with Crippen molar-refractivity contribution in [2.45, 2.75) is 38.6 Å². The molecule has 1 aliphatic rings. The third-order valence-electron chi connectivity index (χ3n) is 4.89. The number of amides is 2. The molecule has 28 heavy (non-hydrogen) atoms. The zero-order valence-corrected chi connectivity index (χ0v) is 16.6. The normalized spacial score (nSPS) is 18.9. The van der Waals surface area contributed by atoms with E-state index in [0.717, 1.165) is 19.3 Å². The minimum atomic E-state index is -0.598. The van der Waals surface area contributed by atoms with Crippen LogP contribution in [0.2, 0.25) is 0 Å². The van der Waals surface area contributed by atoms with Crippen molar-refractivity contribution in [3.8, 4) is 0 Å². The summed E-state index contributed by atoms with van der Waals surface area (Å²) in [4.78, 5) is 37.1. The molecule has 0 bridgehead atoms. The fourth-order valence-electron chi connectivity index (χ4n) is 3.32. The van der Waals surface area contributed by atoms with Gasteiger partial charge in [0.15, 0.2) is 6.61 Å². The van der Waals surface area contributed by atoms with Crippen molar-refractivity contribution in [3.63, 3.8) is 0 Å². The highest BCUT2D eigenvalue weighted by Gasteiger charge is 2.23. The molecule has 0 unspecified atom stereocenters. The van der Waals surface area contributed by atoms with Crippen molar-refractivity contribution in [1.29, 1.82) is 0 Å². The fourth-order valence-corrected chi connectivity index (χ4v) is 3.94. The molecule has 3 rings (SSSR count). The third kappa shape index (κ3) is 5.42. The first-order valence-electron chi connectivity index (χ1n) is 9.44. The monoisotopic (exact) mass is 400 g/mol. The Bertz CT molecular complexity index is 835. The molecule has 0 aliphatic heterocycles. The van der Waals surface area contributed by atoms with Crippen LogP contribution in [0, 0.1) is 5.92 Å². The lowest BCUT2D eigenvalue weighted by atomic mass is 9.86. The van der Waals surface area contributed by atoms with Crippen molar-refractivity contribution in [2.75, 3.05) is 11.9 Å². The molecule has 2 amide bonds. The van der Waals surface area contributed by atoms with E-state index in [4.69, 9.17) is 4.74 Å². The summed E-state index contributed by atoms with van der Waals surface area (Å²) < 4.78 is 5.14. The van der Waals surface area contributed by atoms with E-state index in [1.807, 2.05) is 5.38 Å². The summed E-state index contributed by atoms with van der Waals surface area (Å²) in [7, 11) is 0. The Morgan fingerprint density at radius 2 is 1.96 bits per heavy atom. The number of nitrogens with one attached hydrogen (secondary N) is 2. The van der Waals surface area contributed by atoms with Gasteiger partial charge in [0.2, 0.25) is 0 Å². The van der Waals surface area contributed by atoms with Crippen LogP contribution in [-0.2, 0) is 9.53 Å². The van der Waals surface area contributed by atoms with E-state index in [2.05, 4.69) is 17.6 Å². The molecule has 1 saturated carbocycles. The maximum atomic E-state index is 12.3. The van der Waals surface area contributed by atoms with Crippen LogP contribution in [0.4, 0.5) is 5.69 Å². The van der Waals surface area contributed by atoms with Gasteiger partial charge in [0, 0.05) is 11.7 Å². The van der Waals surface area contributed by atoms with E-state index >= 15 is 0 Å². The molecular weight excluding hydrogens is 376 g/mol. The van der Waals surface area contributed by atoms with Gasteiger partial charge in [-0.05, 0) is 48.4 Å². The van der Waals surface area contributed by atoms with Crippen LogP contribution in [0.25, 0.3) is 0 Å². The lowest BCUT2D eigenvalue weighted by molar-refractivity contribution is -0.125. The van der Waals surface area contributed by atoms with Crippen LogP contribution in [0.15, 0.2) is 41.8 Å². The maximum Gasteiger partial charge on any atom is 0.338 e. The van der Waals surface area contributed by atoms with Gasteiger partial charge in [0.25, 0.3) is 11.8 Å². The van der Waals surface area contributed by atoms with Crippen LogP contribution in [0.5, 0.6) is 0 Å². The number of esters is 1. The van der Waals surface area contributed by atoms with Crippen LogP contribution < -0.4 is 10.6 Å². The summed E-state index contributed by atoms with van der Waals surface area (Å²) >= 11 is 1.34. The molecule has 1 heterocycles. The van der Waals surface area contributed by atoms with Gasteiger partial charge in [-0.25, -0.2) is 4.79 Å². The molecular formula is C21H24N2O4S. The Kier molecular flexibility index (Phi) is 6.81. The number of benzene rings is 1. The second kappa shape index (κ2) is 9.50. The predicted molar refractivity (Wildman–Crippen MR) is 109 cm³/mol. The zero-order chi connectivity index (χ0) is 19.9. The third-order valence-corrected chi connectivity index (χ3v) is 5.76. The summed E-state index contributed by atoms with van der Waals surface area (Å²) in [6, 6.07) is 10.1. The number of anilines is 1. The van der Waals surface area contributed by atoms with Crippen molar-refractivity contribution >= 4 is 34.8 Å². The summed E-state index contributed by atoms with van der Waals surface area (Å²) in [5.41, 5.74) is 0.774. The lowest BCUT2D eigenvalue weighted by Gasteiger charge is -2.29. The smallest absolute Gasteiger partial charge is 0.338 e. The second-order valence-corrected chi connectivity index (χ2v) is 7.97. The quantitative estimate of drug-likeness (QED) is 0.722. The highest BCUT2D eigenvalue weighted by molar-refractivity contribution is 7.12. The first-order valence-corrected chi connectivity index (χ1v) is 10.3. The van der Waals surface area contributed by atoms with E-state index < -0.39 is 5.97 Å². The van der Waals surface area contributed by atoms with Crippen LogP contribution in [0.1, 0.15) is 52.6 Å². The molecule has 1 fully saturated rings. The van der Waals surface area contributed by atoms with Gasteiger partial charge in [0.1, 0.15) is 0 Å². The van der Waals surface area contributed by atoms with Crippen molar-refractivity contribution in [1.82, 2.24) is 5.32 Å². The van der Waals surface area contributed by atoms with Crippen LogP contribution in [0.3, 0.4) is 0 Å². The molecule has 1 aromatic heterocycles. The second-order valence-electron chi connectivity index (χ2n) is 7.02. The van der Waals surface area contributed by atoms with Gasteiger partial charge in [-0.3, -0.25) is 9.59 Å². The number of ether oxygens (including phenoxy) is 1. The van der Waals surface area contributed by atoms with Gasteiger partial charge in [-0.1, -0.05) is 31.9 Å². The summed E-state index contributed by atoms with van der Waals surface area (Å²) in [6.07, 6.45) is 4.38. The van der Waals surface area contributed by atoms with Crippen LogP contribution >= 0.6 is 11.3 Å². The average Bonchev–Trinajstić information content (AvgIpc) is 3.23. The van der Waals surface area contributed by atoms with Crippen molar-refractivity contribution in [2.24, 2.45) is 5.92 Å². The van der Waals surface area contributed by atoms with E-state index in [1.54, 1.807) is 30.3 Å². The topological polar surface area (TPSA) is 84.5 Å². The van der Waals surface area contributed by atoms with Gasteiger partial charge in [-0.2, -0.15) is 0 Å². The predicted octanol–water partition coefficient (Wildman–Crippen LogP) is 3.85. The molecule has 6 nitrogen and oxygen atoms in total. The minimum Gasteiger partial charge on any atom is -0.452 e. The van der Waals surface area contributed by atoms with Gasteiger partial charge < -0.3 is 15.4 Å². The van der Waals surface area contributed by atoms with E-state index in [1.165, 1.54) is 23.8 Å². The molecule has 0 radical (unpaired) electrons.